The Morgan fingerprint density at radius 3 is 2.41 bits per heavy atom. The predicted molar refractivity (Wildman–Crippen MR) is 145 cm³/mol. The SMILES string of the molecule is CCOC(=O)CNCC(=O)CCCCCOc1ccc2nc(-c3ccccc3)n(-c3ccccc3)c2c1. The van der Waals surface area contributed by atoms with Crippen LogP contribution in [0.2, 0.25) is 0 Å². The largest absolute Gasteiger partial charge is 0.494 e. The van der Waals surface area contributed by atoms with Gasteiger partial charge in [-0.15, -0.1) is 0 Å². The van der Waals surface area contributed by atoms with Crippen LogP contribution in [-0.2, 0) is 14.3 Å². The molecule has 1 aromatic heterocycles. The minimum Gasteiger partial charge on any atom is -0.494 e. The second kappa shape index (κ2) is 13.4. The molecule has 7 heteroatoms. The number of para-hydroxylation sites is 1. The van der Waals surface area contributed by atoms with Gasteiger partial charge in [-0.05, 0) is 50.5 Å². The number of carbonyl (C=O) groups excluding carboxylic acids is 2. The van der Waals surface area contributed by atoms with Crippen LogP contribution < -0.4 is 10.1 Å². The standard InChI is InChI=1S/C30H33N3O4/c1-2-36-29(35)22-31-21-25(34)16-10-5-11-19-37-26-17-18-27-28(20-26)33(24-14-8-4-9-15-24)30(32-27)23-12-6-3-7-13-23/h3-4,6-9,12-15,17-18,20,31H,2,5,10-11,16,19,21-22H2,1H3. The number of aromatic nitrogens is 2. The average molecular weight is 500 g/mol. The number of unbranched alkanes of at least 4 members (excludes halogenated alkanes) is 2. The molecule has 0 spiro atoms. The topological polar surface area (TPSA) is 82.4 Å². The molecular weight excluding hydrogens is 466 g/mol. The molecular formula is C30H33N3O4. The van der Waals surface area contributed by atoms with Crippen LogP contribution in [0.1, 0.15) is 32.6 Å². The van der Waals surface area contributed by atoms with Crippen molar-refractivity contribution < 1.29 is 19.1 Å². The number of fused-ring (bicyclic) bond motifs is 1. The zero-order valence-electron chi connectivity index (χ0n) is 21.2. The molecule has 0 aliphatic carbocycles. The number of rotatable bonds is 14. The second-order valence-corrected chi connectivity index (χ2v) is 8.73. The molecule has 1 heterocycles. The third-order valence-corrected chi connectivity index (χ3v) is 5.94. The molecule has 0 radical (unpaired) electrons. The Morgan fingerprint density at radius 1 is 0.892 bits per heavy atom. The monoisotopic (exact) mass is 499 g/mol. The number of benzene rings is 3. The van der Waals surface area contributed by atoms with Gasteiger partial charge in [0.05, 0.1) is 37.3 Å². The van der Waals surface area contributed by atoms with Crippen molar-refractivity contribution >= 4 is 22.8 Å². The first-order valence-corrected chi connectivity index (χ1v) is 12.8. The first kappa shape index (κ1) is 26.1. The van der Waals surface area contributed by atoms with Crippen molar-refractivity contribution in [2.45, 2.75) is 32.6 Å². The maximum Gasteiger partial charge on any atom is 0.319 e. The zero-order chi connectivity index (χ0) is 25.9. The molecule has 0 saturated carbocycles. The number of imidazole rings is 1. The number of nitrogens with zero attached hydrogens (tertiary/aromatic N) is 2. The smallest absolute Gasteiger partial charge is 0.319 e. The first-order chi connectivity index (χ1) is 18.2. The van der Waals surface area contributed by atoms with Crippen LogP contribution in [0.4, 0.5) is 0 Å². The highest BCUT2D eigenvalue weighted by atomic mass is 16.5. The van der Waals surface area contributed by atoms with Crippen molar-refractivity contribution in [2.24, 2.45) is 0 Å². The number of ether oxygens (including phenoxy) is 2. The van der Waals surface area contributed by atoms with Gasteiger partial charge in [0.2, 0.25) is 0 Å². The van der Waals surface area contributed by atoms with E-state index >= 15 is 0 Å². The predicted octanol–water partition coefficient (Wildman–Crippen LogP) is 5.35. The van der Waals surface area contributed by atoms with Gasteiger partial charge >= 0.3 is 5.97 Å². The number of ketones is 1. The van der Waals surface area contributed by atoms with Crippen molar-refractivity contribution in [1.29, 1.82) is 0 Å². The first-order valence-electron chi connectivity index (χ1n) is 12.8. The van der Waals surface area contributed by atoms with Crippen LogP contribution in [0.25, 0.3) is 28.1 Å². The zero-order valence-corrected chi connectivity index (χ0v) is 21.2. The minimum atomic E-state index is -0.339. The van der Waals surface area contributed by atoms with E-state index in [9.17, 15) is 9.59 Å². The number of carbonyl (C=O) groups is 2. The van der Waals surface area contributed by atoms with Crippen molar-refractivity contribution in [3.63, 3.8) is 0 Å². The second-order valence-electron chi connectivity index (χ2n) is 8.73. The van der Waals surface area contributed by atoms with E-state index in [1.165, 1.54) is 0 Å². The molecule has 0 atom stereocenters. The van der Waals surface area contributed by atoms with Crippen LogP contribution >= 0.6 is 0 Å². The Balaban J connectivity index is 1.32. The average Bonchev–Trinajstić information content (AvgIpc) is 3.30. The molecule has 0 saturated heterocycles. The Bertz CT molecular complexity index is 1300. The van der Waals surface area contributed by atoms with Gasteiger partial charge < -0.3 is 14.8 Å². The van der Waals surface area contributed by atoms with E-state index in [1.807, 2.05) is 54.6 Å². The molecule has 0 aliphatic rings. The Labute approximate surface area is 217 Å². The lowest BCUT2D eigenvalue weighted by atomic mass is 10.1. The molecule has 37 heavy (non-hydrogen) atoms. The van der Waals surface area contributed by atoms with Crippen LogP contribution in [0, 0.1) is 0 Å². The number of hydrogen-bond donors (Lipinski definition) is 1. The van der Waals surface area contributed by atoms with Gasteiger partial charge in [-0.1, -0.05) is 48.5 Å². The Kier molecular flexibility index (Phi) is 9.43. The summed E-state index contributed by atoms with van der Waals surface area (Å²) >= 11 is 0. The van der Waals surface area contributed by atoms with E-state index in [2.05, 4.69) is 34.1 Å². The van der Waals surface area contributed by atoms with Gasteiger partial charge in [0.15, 0.2) is 0 Å². The fraction of sp³-hybridized carbons (Fsp3) is 0.300. The van der Waals surface area contributed by atoms with E-state index in [-0.39, 0.29) is 24.8 Å². The number of Topliss-reactive ketones (excluding diaryl/α,β-unsaturated/α-hetero) is 1. The fourth-order valence-corrected chi connectivity index (χ4v) is 4.16. The van der Waals surface area contributed by atoms with Gasteiger partial charge in [0.1, 0.15) is 17.4 Å². The van der Waals surface area contributed by atoms with Crippen molar-refractivity contribution in [3.05, 3.63) is 78.9 Å². The third kappa shape index (κ3) is 7.27. The normalized spacial score (nSPS) is 10.9. The lowest BCUT2D eigenvalue weighted by Gasteiger charge is -2.11. The molecule has 1 N–H and O–H groups in total. The minimum absolute atomic E-state index is 0.0633. The summed E-state index contributed by atoms with van der Waals surface area (Å²) in [6, 6.07) is 26.4. The van der Waals surface area contributed by atoms with Gasteiger partial charge in [-0.2, -0.15) is 0 Å². The summed E-state index contributed by atoms with van der Waals surface area (Å²) in [5.74, 6) is 1.44. The summed E-state index contributed by atoms with van der Waals surface area (Å²) in [6.45, 7) is 2.93. The third-order valence-electron chi connectivity index (χ3n) is 5.94. The molecule has 4 aromatic rings. The highest BCUT2D eigenvalue weighted by Crippen LogP contribution is 2.30. The van der Waals surface area contributed by atoms with Gasteiger partial charge in [-0.3, -0.25) is 14.2 Å². The quantitative estimate of drug-likeness (QED) is 0.186. The van der Waals surface area contributed by atoms with Crippen LogP contribution in [-0.4, -0.2) is 47.6 Å². The lowest BCUT2D eigenvalue weighted by molar-refractivity contribution is -0.142. The highest BCUT2D eigenvalue weighted by molar-refractivity contribution is 5.84. The molecule has 0 fully saturated rings. The lowest BCUT2D eigenvalue weighted by Crippen LogP contribution is -2.29. The van der Waals surface area contributed by atoms with Crippen LogP contribution in [0.5, 0.6) is 5.75 Å². The van der Waals surface area contributed by atoms with E-state index in [4.69, 9.17) is 14.5 Å². The molecule has 7 nitrogen and oxygen atoms in total. The van der Waals surface area contributed by atoms with E-state index in [0.29, 0.717) is 19.6 Å². The van der Waals surface area contributed by atoms with Gasteiger partial charge in [0.25, 0.3) is 0 Å². The highest BCUT2D eigenvalue weighted by Gasteiger charge is 2.15. The summed E-state index contributed by atoms with van der Waals surface area (Å²) < 4.78 is 13.0. The van der Waals surface area contributed by atoms with Crippen molar-refractivity contribution in [3.8, 4) is 22.8 Å². The molecule has 4 rings (SSSR count). The summed E-state index contributed by atoms with van der Waals surface area (Å²) in [7, 11) is 0. The van der Waals surface area contributed by atoms with Crippen LogP contribution in [0.15, 0.2) is 78.9 Å². The van der Waals surface area contributed by atoms with E-state index < -0.39 is 0 Å². The molecule has 0 amide bonds. The van der Waals surface area contributed by atoms with Gasteiger partial charge in [0, 0.05) is 23.7 Å². The maximum atomic E-state index is 12.0. The maximum absolute atomic E-state index is 12.0. The number of nitrogens with one attached hydrogen (secondary N) is 1. The summed E-state index contributed by atoms with van der Waals surface area (Å²) in [5.41, 5.74) is 3.99. The molecule has 192 valence electrons. The summed E-state index contributed by atoms with van der Waals surface area (Å²) in [6.07, 6.45) is 3.03. The molecule has 0 bridgehead atoms. The van der Waals surface area contributed by atoms with E-state index in [1.54, 1.807) is 6.92 Å². The molecule has 0 unspecified atom stereocenters. The fourth-order valence-electron chi connectivity index (χ4n) is 4.16. The summed E-state index contributed by atoms with van der Waals surface area (Å²) in [4.78, 5) is 28.2. The Hall–Kier alpha value is -3.97. The van der Waals surface area contributed by atoms with Gasteiger partial charge in [-0.25, -0.2) is 4.98 Å². The van der Waals surface area contributed by atoms with Crippen molar-refractivity contribution in [2.75, 3.05) is 26.3 Å². The number of hydrogen-bond acceptors (Lipinski definition) is 6. The van der Waals surface area contributed by atoms with Crippen molar-refractivity contribution in [1.82, 2.24) is 14.9 Å². The molecule has 3 aromatic carbocycles. The number of esters is 1. The molecule has 0 aliphatic heterocycles. The summed E-state index contributed by atoms with van der Waals surface area (Å²) in [5, 5.41) is 2.83. The van der Waals surface area contributed by atoms with E-state index in [0.717, 1.165) is 53.1 Å². The Morgan fingerprint density at radius 2 is 1.65 bits per heavy atom. The van der Waals surface area contributed by atoms with Crippen LogP contribution in [0.3, 0.4) is 0 Å².